The molecule has 0 aliphatic heterocycles. The molecule has 0 fully saturated rings. The Morgan fingerprint density at radius 3 is 2.29 bits per heavy atom. The van der Waals surface area contributed by atoms with E-state index in [0.717, 1.165) is 0 Å². The van der Waals surface area contributed by atoms with Crippen LogP contribution < -0.4 is 5.32 Å². The Morgan fingerprint density at radius 2 is 1.88 bits per heavy atom. The minimum Gasteiger partial charge on any atom is -0.298 e. The number of anilines is 1. The maximum absolute atomic E-state index is 11.6. The van der Waals surface area contributed by atoms with Gasteiger partial charge in [-0.15, -0.1) is 0 Å². The monoisotopic (exact) mass is 232 g/mol. The third-order valence-corrected chi connectivity index (χ3v) is 2.02. The van der Waals surface area contributed by atoms with Gasteiger partial charge in [-0.1, -0.05) is 0 Å². The van der Waals surface area contributed by atoms with Crippen molar-refractivity contribution in [1.29, 1.82) is 5.26 Å². The van der Waals surface area contributed by atoms with Gasteiger partial charge in [-0.2, -0.15) is 5.26 Å². The highest BCUT2D eigenvalue weighted by Gasteiger charge is 2.23. The number of carbonyl (C=O) groups excluding carboxylic acids is 2. The van der Waals surface area contributed by atoms with E-state index in [0.29, 0.717) is 11.4 Å². The lowest BCUT2D eigenvalue weighted by molar-refractivity contribution is -0.127. The molecular weight excluding hydrogens is 220 g/mol. The van der Waals surface area contributed by atoms with Gasteiger partial charge in [0.15, 0.2) is 11.7 Å². The molecule has 1 heterocycles. The Labute approximate surface area is 98.7 Å². The van der Waals surface area contributed by atoms with E-state index in [1.54, 1.807) is 26.0 Å². The molecule has 0 bridgehead atoms. The second-order valence-electron chi connectivity index (χ2n) is 3.64. The van der Waals surface area contributed by atoms with E-state index in [-0.39, 0.29) is 5.95 Å². The zero-order valence-corrected chi connectivity index (χ0v) is 9.81. The van der Waals surface area contributed by atoms with Crippen molar-refractivity contribution in [2.75, 3.05) is 5.32 Å². The number of rotatable bonds is 3. The second-order valence-corrected chi connectivity index (χ2v) is 3.64. The molecule has 1 N–H and O–H groups in total. The van der Waals surface area contributed by atoms with E-state index < -0.39 is 17.6 Å². The highest BCUT2D eigenvalue weighted by molar-refractivity contribution is 6.08. The summed E-state index contributed by atoms with van der Waals surface area (Å²) in [6, 6.07) is 3.39. The number of nitriles is 1. The van der Waals surface area contributed by atoms with Crippen LogP contribution in [0.5, 0.6) is 0 Å². The highest BCUT2D eigenvalue weighted by atomic mass is 16.2. The first-order chi connectivity index (χ1) is 7.93. The first-order valence-electron chi connectivity index (χ1n) is 4.97. The second kappa shape index (κ2) is 5.16. The molecule has 6 heteroatoms. The molecule has 0 aliphatic carbocycles. The van der Waals surface area contributed by atoms with E-state index >= 15 is 0 Å². The number of hydrogen-bond donors (Lipinski definition) is 1. The lowest BCUT2D eigenvalue weighted by Gasteiger charge is -2.07. The van der Waals surface area contributed by atoms with Crippen molar-refractivity contribution in [3.63, 3.8) is 0 Å². The van der Waals surface area contributed by atoms with E-state index in [1.807, 2.05) is 0 Å². The molecule has 0 spiro atoms. The molecule has 0 radical (unpaired) electrons. The van der Waals surface area contributed by atoms with Crippen molar-refractivity contribution in [3.8, 4) is 6.07 Å². The van der Waals surface area contributed by atoms with Crippen molar-refractivity contribution in [3.05, 3.63) is 17.5 Å². The summed E-state index contributed by atoms with van der Waals surface area (Å²) in [7, 11) is 0. The van der Waals surface area contributed by atoms with E-state index in [9.17, 15) is 9.59 Å². The first-order valence-corrected chi connectivity index (χ1v) is 4.97. The molecule has 1 amide bonds. The summed E-state index contributed by atoms with van der Waals surface area (Å²) in [4.78, 5) is 30.6. The number of nitrogens with one attached hydrogen (secondary N) is 1. The lowest BCUT2D eigenvalue weighted by Crippen LogP contribution is -2.27. The number of nitrogens with zero attached hydrogens (tertiary/aromatic N) is 3. The zero-order chi connectivity index (χ0) is 13.0. The van der Waals surface area contributed by atoms with Crippen molar-refractivity contribution in [2.45, 2.75) is 20.8 Å². The fourth-order valence-electron chi connectivity index (χ4n) is 1.30. The summed E-state index contributed by atoms with van der Waals surface area (Å²) < 4.78 is 0. The van der Waals surface area contributed by atoms with Gasteiger partial charge in [0.05, 0.1) is 6.07 Å². The van der Waals surface area contributed by atoms with Crippen LogP contribution in [-0.2, 0) is 9.59 Å². The molecule has 1 aromatic heterocycles. The van der Waals surface area contributed by atoms with Crippen LogP contribution in [0, 0.1) is 31.1 Å². The number of aromatic nitrogens is 2. The zero-order valence-electron chi connectivity index (χ0n) is 9.81. The molecule has 1 aromatic rings. The normalized spacial score (nSPS) is 11.4. The smallest absolute Gasteiger partial charge is 0.251 e. The van der Waals surface area contributed by atoms with Crippen molar-refractivity contribution >= 4 is 17.6 Å². The Bertz CT molecular complexity index is 484. The van der Waals surface area contributed by atoms with E-state index in [2.05, 4.69) is 15.3 Å². The summed E-state index contributed by atoms with van der Waals surface area (Å²) in [6.45, 7) is 4.71. The summed E-state index contributed by atoms with van der Waals surface area (Å²) in [6.07, 6.45) is 0. The number of aryl methyl sites for hydroxylation is 2. The Kier molecular flexibility index (Phi) is 3.88. The molecule has 17 heavy (non-hydrogen) atoms. The lowest BCUT2D eigenvalue weighted by atomic mass is 10.1. The van der Waals surface area contributed by atoms with Crippen molar-refractivity contribution in [1.82, 2.24) is 9.97 Å². The van der Waals surface area contributed by atoms with Gasteiger partial charge in [-0.05, 0) is 26.8 Å². The maximum atomic E-state index is 11.6. The largest absolute Gasteiger partial charge is 0.298 e. The quantitative estimate of drug-likeness (QED) is 0.776. The van der Waals surface area contributed by atoms with Gasteiger partial charge in [-0.3, -0.25) is 14.9 Å². The predicted octanol–water partition coefficient (Wildman–Crippen LogP) is 0.761. The molecule has 6 nitrogen and oxygen atoms in total. The molecule has 1 atom stereocenters. The van der Waals surface area contributed by atoms with Crippen LogP contribution in [0.4, 0.5) is 5.95 Å². The van der Waals surface area contributed by atoms with Gasteiger partial charge in [-0.25, -0.2) is 9.97 Å². The van der Waals surface area contributed by atoms with Crippen LogP contribution in [0.25, 0.3) is 0 Å². The number of carbonyl (C=O) groups is 2. The summed E-state index contributed by atoms with van der Waals surface area (Å²) in [5.74, 6) is -2.42. The third kappa shape index (κ3) is 3.34. The average Bonchev–Trinajstić information content (AvgIpc) is 2.15. The molecule has 0 saturated carbocycles. The standard InChI is InChI=1S/C11H12N4O2/c1-6-4-7(2)14-11(13-6)15-10(17)9(5-12)8(3)16/h4,9H,1-3H3,(H,13,14,15,17). The molecule has 0 aliphatic rings. The Hall–Kier alpha value is -2.29. The number of amides is 1. The summed E-state index contributed by atoms with van der Waals surface area (Å²) in [5.41, 5.74) is 1.40. The first kappa shape index (κ1) is 12.8. The van der Waals surface area contributed by atoms with Crippen molar-refractivity contribution < 1.29 is 9.59 Å². The number of Topliss-reactive ketones (excluding diaryl/α,β-unsaturated/α-hetero) is 1. The van der Waals surface area contributed by atoms with Gasteiger partial charge in [0, 0.05) is 11.4 Å². The Morgan fingerprint density at radius 1 is 1.35 bits per heavy atom. The fourth-order valence-corrected chi connectivity index (χ4v) is 1.30. The molecule has 1 rings (SSSR count). The molecule has 0 aromatic carbocycles. The SMILES string of the molecule is CC(=O)C(C#N)C(=O)Nc1nc(C)cc(C)n1. The number of ketones is 1. The van der Waals surface area contributed by atoms with Gasteiger partial charge >= 0.3 is 0 Å². The van der Waals surface area contributed by atoms with E-state index in [1.165, 1.54) is 6.92 Å². The van der Waals surface area contributed by atoms with Crippen LogP contribution in [0.15, 0.2) is 6.07 Å². The van der Waals surface area contributed by atoms with Crippen LogP contribution in [-0.4, -0.2) is 21.7 Å². The van der Waals surface area contributed by atoms with Gasteiger partial charge in [0.25, 0.3) is 5.91 Å². The maximum Gasteiger partial charge on any atom is 0.251 e. The molecule has 1 unspecified atom stereocenters. The van der Waals surface area contributed by atoms with E-state index in [4.69, 9.17) is 5.26 Å². The molecule has 88 valence electrons. The number of hydrogen-bond acceptors (Lipinski definition) is 5. The summed E-state index contributed by atoms with van der Waals surface area (Å²) in [5, 5.41) is 11.0. The van der Waals surface area contributed by atoms with Gasteiger partial charge < -0.3 is 0 Å². The van der Waals surface area contributed by atoms with Crippen LogP contribution >= 0.6 is 0 Å². The molecular formula is C11H12N4O2. The van der Waals surface area contributed by atoms with Gasteiger partial charge in [0.2, 0.25) is 5.95 Å². The minimum absolute atomic E-state index is 0.106. The predicted molar refractivity (Wildman–Crippen MR) is 59.9 cm³/mol. The molecule has 0 saturated heterocycles. The van der Waals surface area contributed by atoms with Crippen LogP contribution in [0.1, 0.15) is 18.3 Å². The fraction of sp³-hybridized carbons (Fsp3) is 0.364. The van der Waals surface area contributed by atoms with Crippen molar-refractivity contribution in [2.24, 2.45) is 5.92 Å². The third-order valence-electron chi connectivity index (χ3n) is 2.02. The average molecular weight is 232 g/mol. The minimum atomic E-state index is -1.32. The van der Waals surface area contributed by atoms with Gasteiger partial charge in [0.1, 0.15) is 0 Å². The highest BCUT2D eigenvalue weighted by Crippen LogP contribution is 2.06. The van der Waals surface area contributed by atoms with Crippen LogP contribution in [0.2, 0.25) is 0 Å². The summed E-state index contributed by atoms with van der Waals surface area (Å²) >= 11 is 0. The van der Waals surface area contributed by atoms with Crippen LogP contribution in [0.3, 0.4) is 0 Å². The topological polar surface area (TPSA) is 95.7 Å². The Balaban J connectivity index is 2.88.